The number of ether oxygens (including phenoxy) is 2. The predicted octanol–water partition coefficient (Wildman–Crippen LogP) is 4.37. The maximum atomic E-state index is 14.2. The Hall–Kier alpha value is -3.63. The van der Waals surface area contributed by atoms with E-state index in [4.69, 9.17) is 15.2 Å². The second kappa shape index (κ2) is 18.8. The molecule has 0 aliphatic carbocycles. The minimum atomic E-state index is -1.36. The number of esters is 1. The summed E-state index contributed by atoms with van der Waals surface area (Å²) in [6, 6.07) is 3.13. The van der Waals surface area contributed by atoms with Crippen molar-refractivity contribution in [1.29, 1.82) is 0 Å². The van der Waals surface area contributed by atoms with E-state index in [2.05, 4.69) is 17.6 Å². The Kier molecular flexibility index (Phi) is 16.4. The average Bonchev–Trinajstić information content (AvgIpc) is 2.89. The molecule has 1 rings (SSSR count). The smallest absolute Gasteiger partial charge is 0.408 e. The van der Waals surface area contributed by atoms with Gasteiger partial charge in [0.15, 0.2) is 0 Å². The van der Waals surface area contributed by atoms with Gasteiger partial charge in [0.2, 0.25) is 17.7 Å². The molecule has 0 aliphatic rings. The predicted molar refractivity (Wildman–Crippen MR) is 165 cm³/mol. The van der Waals surface area contributed by atoms with Gasteiger partial charge in [0.25, 0.3) is 0 Å². The van der Waals surface area contributed by atoms with Gasteiger partial charge in [0.05, 0.1) is 19.4 Å². The molecule has 1 aromatic rings. The number of alkyl carbamates (subject to hydrolysis) is 1. The van der Waals surface area contributed by atoms with E-state index in [1.807, 2.05) is 32.0 Å². The molecule has 0 heterocycles. The van der Waals surface area contributed by atoms with Crippen molar-refractivity contribution >= 4 is 29.8 Å². The fourth-order valence-electron chi connectivity index (χ4n) is 4.78. The summed E-state index contributed by atoms with van der Waals surface area (Å²) in [5, 5.41) is 5.30. The number of nitrogens with zero attached hydrogens (tertiary/aromatic N) is 1. The van der Waals surface area contributed by atoms with E-state index in [9.17, 15) is 24.0 Å². The normalized spacial score (nSPS) is 12.5. The van der Waals surface area contributed by atoms with Crippen LogP contribution in [0.3, 0.4) is 0 Å². The molecule has 0 saturated heterocycles. The number of carbonyl (C=O) groups is 5. The minimum Gasteiger partial charge on any atom is -0.466 e. The van der Waals surface area contributed by atoms with Crippen LogP contribution in [0.2, 0.25) is 0 Å². The van der Waals surface area contributed by atoms with Crippen LogP contribution in [0, 0.1) is 13.8 Å². The first-order chi connectivity index (χ1) is 20.2. The van der Waals surface area contributed by atoms with Gasteiger partial charge in [-0.1, -0.05) is 57.2 Å². The molecule has 4 N–H and O–H groups in total. The quantitative estimate of drug-likeness (QED) is 0.166. The van der Waals surface area contributed by atoms with E-state index in [-0.39, 0.29) is 26.1 Å². The molecule has 0 aliphatic heterocycles. The van der Waals surface area contributed by atoms with Gasteiger partial charge in [-0.25, -0.2) is 4.79 Å². The molecular formula is C32H52N4O7. The topological polar surface area (TPSA) is 157 Å². The number of unbranched alkanes of at least 4 members (excludes halogenated alkanes) is 5. The first kappa shape index (κ1) is 37.4. The van der Waals surface area contributed by atoms with Crippen LogP contribution in [0.15, 0.2) is 18.2 Å². The minimum absolute atomic E-state index is 0.0129. The summed E-state index contributed by atoms with van der Waals surface area (Å²) < 4.78 is 10.3. The van der Waals surface area contributed by atoms with Crippen LogP contribution < -0.4 is 16.4 Å². The molecule has 0 radical (unpaired) electrons. The Morgan fingerprint density at radius 3 is 2.12 bits per heavy atom. The molecule has 11 heteroatoms. The highest BCUT2D eigenvalue weighted by atomic mass is 16.6. The van der Waals surface area contributed by atoms with Gasteiger partial charge in [-0.15, -0.1) is 0 Å². The van der Waals surface area contributed by atoms with Crippen molar-refractivity contribution in [2.45, 2.75) is 118 Å². The van der Waals surface area contributed by atoms with Crippen molar-refractivity contribution in [2.75, 3.05) is 19.7 Å². The zero-order chi connectivity index (χ0) is 32.6. The fourth-order valence-corrected chi connectivity index (χ4v) is 4.78. The van der Waals surface area contributed by atoms with Crippen molar-refractivity contribution < 1.29 is 33.4 Å². The van der Waals surface area contributed by atoms with Crippen LogP contribution in [-0.4, -0.2) is 66.0 Å². The molecule has 2 atom stereocenters. The standard InChI is InChI=1S/C32H52N4O7/c1-8-10-11-12-13-14-20-36(30(40)24(21-25(33)37)35-31(41)43-32(5,6)7)28(27-22(3)16-15-17-23(27)4)29(39)34-19-18-26(38)42-9-2/h15-17,24,28H,8-14,18-21H2,1-7H3,(H2,33,37)(H,34,39)(H,35,41). The van der Waals surface area contributed by atoms with E-state index in [0.29, 0.717) is 12.0 Å². The highest BCUT2D eigenvalue weighted by Crippen LogP contribution is 2.29. The number of primary amides is 1. The number of benzene rings is 1. The van der Waals surface area contributed by atoms with Crippen LogP contribution in [-0.2, 0) is 28.7 Å². The maximum absolute atomic E-state index is 14.2. The van der Waals surface area contributed by atoms with Gasteiger partial charge in [0, 0.05) is 13.1 Å². The number of carbonyl (C=O) groups excluding carboxylic acids is 5. The largest absolute Gasteiger partial charge is 0.466 e. The third-order valence-corrected chi connectivity index (χ3v) is 6.74. The molecule has 0 saturated carbocycles. The lowest BCUT2D eigenvalue weighted by Crippen LogP contribution is -2.54. The van der Waals surface area contributed by atoms with Gasteiger partial charge in [-0.05, 0) is 64.7 Å². The van der Waals surface area contributed by atoms with Crippen LogP contribution in [0.4, 0.5) is 4.79 Å². The molecule has 2 unspecified atom stereocenters. The number of nitrogens with one attached hydrogen (secondary N) is 2. The molecule has 0 spiro atoms. The van der Waals surface area contributed by atoms with Gasteiger partial charge in [-0.3, -0.25) is 19.2 Å². The zero-order valence-corrected chi connectivity index (χ0v) is 27.0. The summed E-state index contributed by atoms with van der Waals surface area (Å²) >= 11 is 0. The van der Waals surface area contributed by atoms with Gasteiger partial charge >= 0.3 is 12.1 Å². The second-order valence-corrected chi connectivity index (χ2v) is 11.7. The number of rotatable bonds is 18. The summed E-state index contributed by atoms with van der Waals surface area (Å²) in [5.74, 6) is -2.37. The first-order valence-electron chi connectivity index (χ1n) is 15.3. The van der Waals surface area contributed by atoms with E-state index in [0.717, 1.165) is 43.2 Å². The van der Waals surface area contributed by atoms with Crippen LogP contribution in [0.1, 0.15) is 109 Å². The Morgan fingerprint density at radius 2 is 1.56 bits per heavy atom. The van der Waals surface area contributed by atoms with Gasteiger partial charge in [-0.2, -0.15) is 0 Å². The van der Waals surface area contributed by atoms with Gasteiger partial charge < -0.3 is 30.7 Å². The Morgan fingerprint density at radius 1 is 0.953 bits per heavy atom. The Labute approximate surface area is 256 Å². The van der Waals surface area contributed by atoms with Crippen molar-refractivity contribution in [3.05, 3.63) is 34.9 Å². The lowest BCUT2D eigenvalue weighted by molar-refractivity contribution is -0.144. The molecule has 0 fully saturated rings. The van der Waals surface area contributed by atoms with Crippen LogP contribution >= 0.6 is 0 Å². The average molecular weight is 605 g/mol. The fraction of sp³-hybridized carbons (Fsp3) is 0.656. The number of hydrogen-bond acceptors (Lipinski definition) is 7. The number of nitrogens with two attached hydrogens (primary N) is 1. The molecule has 4 amide bonds. The van der Waals surface area contributed by atoms with Crippen LogP contribution in [0.5, 0.6) is 0 Å². The molecule has 11 nitrogen and oxygen atoms in total. The van der Waals surface area contributed by atoms with E-state index >= 15 is 0 Å². The van der Waals surface area contributed by atoms with Crippen molar-refractivity contribution in [3.63, 3.8) is 0 Å². The van der Waals surface area contributed by atoms with Gasteiger partial charge in [0.1, 0.15) is 17.7 Å². The molecule has 43 heavy (non-hydrogen) atoms. The molecule has 0 aromatic heterocycles. The molecular weight excluding hydrogens is 552 g/mol. The summed E-state index contributed by atoms with van der Waals surface area (Å²) in [5.41, 5.74) is 6.86. The monoisotopic (exact) mass is 604 g/mol. The number of hydrogen-bond donors (Lipinski definition) is 3. The molecule has 242 valence electrons. The third kappa shape index (κ3) is 13.9. The number of amides is 4. The summed E-state index contributed by atoms with van der Waals surface area (Å²) in [6.45, 7) is 13.0. The van der Waals surface area contributed by atoms with Crippen LogP contribution in [0.25, 0.3) is 0 Å². The molecule has 1 aromatic carbocycles. The first-order valence-corrected chi connectivity index (χ1v) is 15.3. The lowest BCUT2D eigenvalue weighted by atomic mass is 9.93. The van der Waals surface area contributed by atoms with E-state index in [1.54, 1.807) is 27.7 Å². The van der Waals surface area contributed by atoms with Crippen molar-refractivity contribution in [3.8, 4) is 0 Å². The summed E-state index contributed by atoms with van der Waals surface area (Å²) in [4.78, 5) is 66.2. The summed E-state index contributed by atoms with van der Waals surface area (Å²) in [6.07, 6.45) is 4.27. The van der Waals surface area contributed by atoms with E-state index < -0.39 is 53.9 Å². The third-order valence-electron chi connectivity index (χ3n) is 6.74. The van der Waals surface area contributed by atoms with E-state index in [1.165, 1.54) is 4.90 Å². The Bertz CT molecular complexity index is 1060. The Balaban J connectivity index is 3.53. The highest BCUT2D eigenvalue weighted by Gasteiger charge is 2.38. The highest BCUT2D eigenvalue weighted by molar-refractivity contribution is 5.95. The van der Waals surface area contributed by atoms with Crippen molar-refractivity contribution in [1.82, 2.24) is 15.5 Å². The SMILES string of the molecule is CCCCCCCCN(C(=O)C(CC(N)=O)NC(=O)OC(C)(C)C)C(C(=O)NCCC(=O)OCC)c1c(C)cccc1C. The second-order valence-electron chi connectivity index (χ2n) is 11.7. The van der Waals surface area contributed by atoms with Crippen molar-refractivity contribution in [2.24, 2.45) is 5.73 Å². The zero-order valence-electron chi connectivity index (χ0n) is 27.0. The lowest BCUT2D eigenvalue weighted by Gasteiger charge is -2.35. The molecule has 0 bridgehead atoms. The summed E-state index contributed by atoms with van der Waals surface area (Å²) in [7, 11) is 0. The number of aryl methyl sites for hydroxylation is 2. The maximum Gasteiger partial charge on any atom is 0.408 e.